The van der Waals surface area contributed by atoms with Crippen molar-refractivity contribution in [2.24, 2.45) is 11.8 Å². The monoisotopic (exact) mass is 721 g/mol. The normalized spacial score (nSPS) is 17.8. The van der Waals surface area contributed by atoms with Crippen molar-refractivity contribution in [3.8, 4) is 22.3 Å². The summed E-state index contributed by atoms with van der Waals surface area (Å²) in [5.41, 5.74) is 21.7. The molecule has 2 aliphatic rings. The first-order chi connectivity index (χ1) is 25.6. The van der Waals surface area contributed by atoms with Gasteiger partial charge in [0.1, 0.15) is 0 Å². The van der Waals surface area contributed by atoms with E-state index in [2.05, 4.69) is 154 Å². The van der Waals surface area contributed by atoms with E-state index in [9.17, 15) is 0 Å². The third-order valence-electron chi connectivity index (χ3n) is 13.0. The lowest BCUT2D eigenvalue weighted by atomic mass is 9.84. The summed E-state index contributed by atoms with van der Waals surface area (Å²) in [4.78, 5) is 0. The van der Waals surface area contributed by atoms with Crippen LogP contribution in [0.1, 0.15) is 163 Å². The molecule has 0 bridgehead atoms. The van der Waals surface area contributed by atoms with Crippen molar-refractivity contribution in [2.45, 2.75) is 144 Å². The number of fused-ring (bicyclic) bond motifs is 2. The summed E-state index contributed by atoms with van der Waals surface area (Å²) in [6.07, 6.45) is 12.4. The Hall–Kier alpha value is -3.42. The largest absolute Gasteiger partial charge is 0.0651 e. The predicted molar refractivity (Wildman–Crippen MR) is 238 cm³/mol. The van der Waals surface area contributed by atoms with Crippen molar-refractivity contribution in [2.75, 3.05) is 0 Å². The van der Waals surface area contributed by atoms with Gasteiger partial charge in [0.2, 0.25) is 0 Å². The highest BCUT2D eigenvalue weighted by atomic mass is 28.2. The maximum Gasteiger partial charge on any atom is 0.0218 e. The van der Waals surface area contributed by atoms with Crippen LogP contribution in [0.25, 0.3) is 34.4 Å². The molecule has 53 heavy (non-hydrogen) atoms. The average Bonchev–Trinajstić information content (AvgIpc) is 3.72. The number of hydrogen-bond acceptors (Lipinski definition) is 0. The molecule has 4 aromatic rings. The fraction of sp³-hybridized carbons (Fsp3) is 0.462. The van der Waals surface area contributed by atoms with Crippen LogP contribution in [-0.2, 0) is 12.8 Å². The number of allylic oxidation sites excluding steroid dienone is 2. The summed E-state index contributed by atoms with van der Waals surface area (Å²) in [6, 6.07) is 31.4. The summed E-state index contributed by atoms with van der Waals surface area (Å²) in [5.74, 6) is 3.33. The molecule has 0 fully saturated rings. The third kappa shape index (κ3) is 7.75. The van der Waals surface area contributed by atoms with Crippen molar-refractivity contribution in [3.05, 3.63) is 128 Å². The van der Waals surface area contributed by atoms with E-state index in [1.54, 1.807) is 33.4 Å². The van der Waals surface area contributed by atoms with Gasteiger partial charge in [0.25, 0.3) is 0 Å². The zero-order chi connectivity index (χ0) is 37.8. The van der Waals surface area contributed by atoms with Gasteiger partial charge in [-0.15, -0.1) is 0 Å². The van der Waals surface area contributed by atoms with Gasteiger partial charge in [-0.2, -0.15) is 0 Å². The summed E-state index contributed by atoms with van der Waals surface area (Å²) in [5, 5.41) is 0. The van der Waals surface area contributed by atoms with Crippen molar-refractivity contribution < 1.29 is 0 Å². The van der Waals surface area contributed by atoms with Crippen LogP contribution in [0.15, 0.2) is 83.9 Å². The number of hydrogen-bond donors (Lipinski definition) is 0. The fourth-order valence-corrected chi connectivity index (χ4v) is 12.2. The molecule has 4 aromatic carbocycles. The van der Waals surface area contributed by atoms with Gasteiger partial charge in [-0.1, -0.05) is 190 Å². The minimum atomic E-state index is -0.381. The second-order valence-corrected chi connectivity index (χ2v) is 19.0. The Morgan fingerprint density at radius 2 is 0.906 bits per heavy atom. The van der Waals surface area contributed by atoms with Gasteiger partial charge < -0.3 is 0 Å². The van der Waals surface area contributed by atoms with Crippen LogP contribution in [0.3, 0.4) is 0 Å². The maximum atomic E-state index is 2.68. The zero-order valence-corrected chi connectivity index (χ0v) is 36.3. The topological polar surface area (TPSA) is 0 Å². The Labute approximate surface area is 326 Å². The Morgan fingerprint density at radius 3 is 1.26 bits per heavy atom. The summed E-state index contributed by atoms with van der Waals surface area (Å²) >= 11 is 0. The van der Waals surface area contributed by atoms with Crippen LogP contribution in [-0.4, -0.2) is 9.52 Å². The minimum absolute atomic E-state index is 0.381. The third-order valence-corrected chi connectivity index (χ3v) is 15.0. The predicted octanol–water partition coefficient (Wildman–Crippen LogP) is 14.9. The SMILES string of the molecule is CCCc1ccc2c(c1-c1ccccc1C(C)C)C=C(C(C)CC)C2C[SiH2]CC1C(C(C)CC)=Cc2c1ccc(CCC)c2-c1ccccc1C(C)C. The smallest absolute Gasteiger partial charge is 0.0218 e. The number of benzene rings is 4. The van der Waals surface area contributed by atoms with Gasteiger partial charge >= 0.3 is 0 Å². The Bertz CT molecular complexity index is 1810. The van der Waals surface area contributed by atoms with Gasteiger partial charge in [-0.3, -0.25) is 0 Å². The van der Waals surface area contributed by atoms with Gasteiger partial charge in [0, 0.05) is 21.4 Å². The molecule has 1 heteroatoms. The molecule has 0 N–H and O–H groups in total. The molecular formula is C52H68Si. The van der Waals surface area contributed by atoms with Crippen LogP contribution in [0.5, 0.6) is 0 Å². The molecule has 0 aromatic heterocycles. The molecule has 4 atom stereocenters. The van der Waals surface area contributed by atoms with Crippen LogP contribution < -0.4 is 0 Å². The molecule has 0 spiro atoms. The molecular weight excluding hydrogens is 653 g/mol. The van der Waals surface area contributed by atoms with Crippen molar-refractivity contribution in [1.29, 1.82) is 0 Å². The Balaban J connectivity index is 1.38. The van der Waals surface area contributed by atoms with Crippen LogP contribution in [0, 0.1) is 11.8 Å². The molecule has 280 valence electrons. The highest BCUT2D eigenvalue weighted by Crippen LogP contribution is 2.51. The molecule has 0 amide bonds. The first-order valence-corrected chi connectivity index (χ1v) is 23.6. The molecule has 0 saturated carbocycles. The molecule has 0 nitrogen and oxygen atoms in total. The lowest BCUT2D eigenvalue weighted by Gasteiger charge is -2.25. The zero-order valence-electron chi connectivity index (χ0n) is 34.9. The van der Waals surface area contributed by atoms with E-state index in [4.69, 9.17) is 0 Å². The van der Waals surface area contributed by atoms with E-state index in [-0.39, 0.29) is 9.52 Å². The Morgan fingerprint density at radius 1 is 0.509 bits per heavy atom. The van der Waals surface area contributed by atoms with E-state index in [1.165, 1.54) is 82.3 Å². The molecule has 6 rings (SSSR count). The molecule has 0 heterocycles. The molecule has 2 aliphatic carbocycles. The van der Waals surface area contributed by atoms with E-state index in [0.29, 0.717) is 35.5 Å². The van der Waals surface area contributed by atoms with Gasteiger partial charge in [0.05, 0.1) is 0 Å². The van der Waals surface area contributed by atoms with Crippen LogP contribution in [0.4, 0.5) is 0 Å². The van der Waals surface area contributed by atoms with E-state index < -0.39 is 0 Å². The second kappa shape index (κ2) is 17.4. The van der Waals surface area contributed by atoms with E-state index in [0.717, 1.165) is 12.8 Å². The minimum Gasteiger partial charge on any atom is -0.0651 e. The summed E-state index contributed by atoms with van der Waals surface area (Å²) in [7, 11) is -0.381. The Kier molecular flexibility index (Phi) is 12.9. The fourth-order valence-electron chi connectivity index (χ4n) is 9.83. The highest BCUT2D eigenvalue weighted by molar-refractivity contribution is 6.36. The van der Waals surface area contributed by atoms with Gasteiger partial charge in [-0.05, 0) is 116 Å². The quantitative estimate of drug-likeness (QED) is 0.101. The molecule has 0 aliphatic heterocycles. The number of aryl methyl sites for hydroxylation is 2. The van der Waals surface area contributed by atoms with Crippen molar-refractivity contribution in [1.82, 2.24) is 0 Å². The van der Waals surface area contributed by atoms with Crippen LogP contribution >= 0.6 is 0 Å². The van der Waals surface area contributed by atoms with Gasteiger partial charge in [0.15, 0.2) is 0 Å². The number of rotatable bonds is 16. The van der Waals surface area contributed by atoms with Crippen molar-refractivity contribution in [3.63, 3.8) is 0 Å². The lowest BCUT2D eigenvalue weighted by molar-refractivity contribution is 0.609. The molecule has 0 radical (unpaired) electrons. The van der Waals surface area contributed by atoms with Crippen LogP contribution in [0.2, 0.25) is 12.1 Å². The first kappa shape index (κ1) is 39.3. The highest BCUT2D eigenvalue weighted by Gasteiger charge is 2.34. The summed E-state index contributed by atoms with van der Waals surface area (Å²) < 4.78 is 0. The standard InChI is InChI=1S/C52H68Si/c1-11-19-37-25-27-41-47(51(37)43-23-17-15-21-39(43)33(5)6)29-45(35(9)13-3)49(41)31-53-32-50-42-28-26-38(20-12-2)52(48(42)30-46(50)36(10)14-4)44-24-18-16-22-40(44)34(7)8/h15-18,21-30,33-36,49-50H,11-14,19-20,31-32,53H2,1-10H3. The van der Waals surface area contributed by atoms with E-state index in [1.807, 2.05) is 0 Å². The lowest BCUT2D eigenvalue weighted by Crippen LogP contribution is -2.13. The molecule has 0 saturated heterocycles. The second-order valence-electron chi connectivity index (χ2n) is 17.1. The molecule has 4 unspecified atom stereocenters. The average molecular weight is 721 g/mol. The maximum absolute atomic E-state index is 2.68. The summed E-state index contributed by atoms with van der Waals surface area (Å²) in [6.45, 7) is 23.9. The van der Waals surface area contributed by atoms with E-state index >= 15 is 0 Å². The first-order valence-electron chi connectivity index (χ1n) is 21.6. The van der Waals surface area contributed by atoms with Crippen molar-refractivity contribution >= 4 is 21.7 Å². The van der Waals surface area contributed by atoms with Gasteiger partial charge in [-0.25, -0.2) is 0 Å².